The van der Waals surface area contributed by atoms with Crippen LogP contribution in [0.3, 0.4) is 0 Å². The molecule has 0 saturated carbocycles. The highest BCUT2D eigenvalue weighted by molar-refractivity contribution is 8.00. The fraction of sp³-hybridized carbons (Fsp3) is 0.200. The van der Waals surface area contributed by atoms with Gasteiger partial charge in [-0.15, -0.1) is 0 Å². The second-order valence-corrected chi connectivity index (χ2v) is 8.91. The van der Waals surface area contributed by atoms with Crippen molar-refractivity contribution in [2.24, 2.45) is 0 Å². The van der Waals surface area contributed by atoms with E-state index in [1.54, 1.807) is 6.92 Å². The van der Waals surface area contributed by atoms with E-state index in [-0.39, 0.29) is 22.9 Å². The van der Waals surface area contributed by atoms with Gasteiger partial charge in [0, 0.05) is 11.3 Å². The molecule has 1 atom stereocenters. The quantitative estimate of drug-likeness (QED) is 0.531. The van der Waals surface area contributed by atoms with Crippen molar-refractivity contribution in [3.8, 4) is 23.3 Å². The molecule has 160 valence electrons. The van der Waals surface area contributed by atoms with E-state index in [4.69, 9.17) is 5.73 Å². The highest BCUT2D eigenvalue weighted by atomic mass is 32.2. The van der Waals surface area contributed by atoms with Gasteiger partial charge >= 0.3 is 0 Å². The maximum Gasteiger partial charge on any atom is 0.237 e. The summed E-state index contributed by atoms with van der Waals surface area (Å²) in [6, 6.07) is 17.6. The number of nitrogens with one attached hydrogen (secondary N) is 1. The number of hydrogen-bond donors (Lipinski definition) is 2. The van der Waals surface area contributed by atoms with Crippen LogP contribution in [0.2, 0.25) is 0 Å². The van der Waals surface area contributed by atoms with E-state index in [1.807, 2.05) is 63.2 Å². The summed E-state index contributed by atoms with van der Waals surface area (Å²) in [5.41, 5.74) is 11.4. The van der Waals surface area contributed by atoms with Crippen LogP contribution in [0.1, 0.15) is 34.7 Å². The second kappa shape index (κ2) is 9.55. The normalized spacial score (nSPS) is 11.3. The van der Waals surface area contributed by atoms with Crippen molar-refractivity contribution in [3.05, 3.63) is 70.3 Å². The van der Waals surface area contributed by atoms with Crippen LogP contribution in [0.5, 0.6) is 0 Å². The molecule has 0 spiro atoms. The molecule has 3 N–H and O–H groups in total. The number of pyridine rings is 1. The van der Waals surface area contributed by atoms with E-state index in [9.17, 15) is 15.3 Å². The van der Waals surface area contributed by atoms with E-state index in [0.717, 1.165) is 34.1 Å². The van der Waals surface area contributed by atoms with Gasteiger partial charge in [0.2, 0.25) is 5.91 Å². The molecule has 0 aliphatic carbocycles. The summed E-state index contributed by atoms with van der Waals surface area (Å²) < 4.78 is 0. The fourth-order valence-corrected chi connectivity index (χ4v) is 4.14. The van der Waals surface area contributed by atoms with Crippen LogP contribution < -0.4 is 11.1 Å². The smallest absolute Gasteiger partial charge is 0.237 e. The highest BCUT2D eigenvalue weighted by Gasteiger charge is 2.24. The molecule has 3 aromatic rings. The predicted octanol–water partition coefficient (Wildman–Crippen LogP) is 5.12. The van der Waals surface area contributed by atoms with Crippen LogP contribution in [-0.4, -0.2) is 16.1 Å². The molecule has 0 fully saturated rings. The summed E-state index contributed by atoms with van der Waals surface area (Å²) >= 11 is 1.14. The molecule has 0 saturated heterocycles. The van der Waals surface area contributed by atoms with Crippen LogP contribution >= 0.6 is 11.8 Å². The summed E-state index contributed by atoms with van der Waals surface area (Å²) in [6.07, 6.45) is 0. The van der Waals surface area contributed by atoms with Crippen molar-refractivity contribution >= 4 is 29.2 Å². The van der Waals surface area contributed by atoms with Gasteiger partial charge in [0.05, 0.1) is 10.8 Å². The van der Waals surface area contributed by atoms with E-state index >= 15 is 0 Å². The number of thioether (sulfide) groups is 1. The van der Waals surface area contributed by atoms with Gasteiger partial charge in [-0.25, -0.2) is 4.98 Å². The Hall–Kier alpha value is -3.81. The zero-order valence-electron chi connectivity index (χ0n) is 18.4. The third-order valence-corrected chi connectivity index (χ3v) is 6.15. The Morgan fingerprint density at radius 3 is 2.28 bits per heavy atom. The Kier molecular flexibility index (Phi) is 6.82. The molecular weight excluding hydrogens is 418 g/mol. The molecular formula is C25H23N5OS. The van der Waals surface area contributed by atoms with Crippen LogP contribution in [-0.2, 0) is 4.79 Å². The Balaban J connectivity index is 1.98. The minimum absolute atomic E-state index is 0.0340. The summed E-state index contributed by atoms with van der Waals surface area (Å²) in [6.45, 7) is 7.59. The lowest BCUT2D eigenvalue weighted by Gasteiger charge is -2.17. The fourth-order valence-electron chi connectivity index (χ4n) is 3.22. The standard InChI is InChI=1S/C25H23N5OS/c1-14-6-9-18(10-7-14)22-19(12-26)23(28)30-25(20(22)13-27)32-17(4)24(31)29-21-11-15(2)5-8-16(21)3/h5-11,17H,1-4H3,(H2,28,30)(H,29,31). The van der Waals surface area contributed by atoms with Crippen molar-refractivity contribution in [2.45, 2.75) is 38.0 Å². The van der Waals surface area contributed by atoms with Crippen molar-refractivity contribution in [2.75, 3.05) is 11.1 Å². The monoisotopic (exact) mass is 441 g/mol. The Morgan fingerprint density at radius 2 is 1.66 bits per heavy atom. The summed E-state index contributed by atoms with van der Waals surface area (Å²) in [5.74, 6) is -0.180. The number of nitriles is 2. The summed E-state index contributed by atoms with van der Waals surface area (Å²) in [5, 5.41) is 22.3. The highest BCUT2D eigenvalue weighted by Crippen LogP contribution is 2.37. The van der Waals surface area contributed by atoms with Crippen LogP contribution in [0.25, 0.3) is 11.1 Å². The van der Waals surface area contributed by atoms with E-state index in [0.29, 0.717) is 16.2 Å². The number of aromatic nitrogens is 1. The average Bonchev–Trinajstić information content (AvgIpc) is 2.76. The minimum Gasteiger partial charge on any atom is -0.383 e. The zero-order chi connectivity index (χ0) is 23.4. The topological polar surface area (TPSA) is 116 Å². The molecule has 1 amide bonds. The summed E-state index contributed by atoms with van der Waals surface area (Å²) in [7, 11) is 0. The lowest BCUT2D eigenvalue weighted by molar-refractivity contribution is -0.115. The first-order valence-corrected chi connectivity index (χ1v) is 10.9. The third-order valence-electron chi connectivity index (χ3n) is 5.06. The number of aryl methyl sites for hydroxylation is 3. The lowest BCUT2D eigenvalue weighted by Crippen LogP contribution is -2.23. The van der Waals surface area contributed by atoms with Gasteiger partial charge in [0.25, 0.3) is 0 Å². The number of rotatable bonds is 5. The van der Waals surface area contributed by atoms with Crippen molar-refractivity contribution in [1.82, 2.24) is 4.98 Å². The minimum atomic E-state index is -0.548. The van der Waals surface area contributed by atoms with Gasteiger partial charge < -0.3 is 11.1 Å². The molecule has 6 nitrogen and oxygen atoms in total. The number of carbonyl (C=O) groups is 1. The lowest BCUT2D eigenvalue weighted by atomic mass is 9.96. The molecule has 3 rings (SSSR count). The number of nitrogens with zero attached hydrogens (tertiary/aromatic N) is 3. The predicted molar refractivity (Wildman–Crippen MR) is 128 cm³/mol. The molecule has 7 heteroatoms. The van der Waals surface area contributed by atoms with Crippen LogP contribution in [0, 0.1) is 43.4 Å². The van der Waals surface area contributed by atoms with Crippen LogP contribution in [0.4, 0.5) is 11.5 Å². The zero-order valence-corrected chi connectivity index (χ0v) is 19.2. The van der Waals surface area contributed by atoms with Gasteiger partial charge in [-0.2, -0.15) is 10.5 Å². The van der Waals surface area contributed by atoms with Gasteiger partial charge in [-0.3, -0.25) is 4.79 Å². The van der Waals surface area contributed by atoms with E-state index < -0.39 is 5.25 Å². The Morgan fingerprint density at radius 1 is 1.03 bits per heavy atom. The molecule has 2 aromatic carbocycles. The maximum absolute atomic E-state index is 12.9. The largest absolute Gasteiger partial charge is 0.383 e. The Labute approximate surface area is 192 Å². The molecule has 1 heterocycles. The van der Waals surface area contributed by atoms with Gasteiger partial charge in [0.1, 0.15) is 28.5 Å². The Bertz CT molecular complexity index is 1270. The number of anilines is 2. The van der Waals surface area contributed by atoms with E-state index in [1.165, 1.54) is 0 Å². The average molecular weight is 442 g/mol. The molecule has 32 heavy (non-hydrogen) atoms. The van der Waals surface area contributed by atoms with Crippen molar-refractivity contribution < 1.29 is 4.79 Å². The third kappa shape index (κ3) is 4.74. The molecule has 0 radical (unpaired) electrons. The van der Waals surface area contributed by atoms with Crippen molar-refractivity contribution in [1.29, 1.82) is 10.5 Å². The first kappa shape index (κ1) is 22.9. The number of carbonyl (C=O) groups excluding carboxylic acids is 1. The SMILES string of the molecule is Cc1ccc(-c2c(C#N)c(N)nc(SC(C)C(=O)Nc3cc(C)ccc3C)c2C#N)cc1. The first-order chi connectivity index (χ1) is 15.2. The molecule has 1 unspecified atom stereocenters. The second-order valence-electron chi connectivity index (χ2n) is 7.58. The van der Waals surface area contributed by atoms with Gasteiger partial charge in [-0.1, -0.05) is 53.7 Å². The van der Waals surface area contributed by atoms with Crippen molar-refractivity contribution in [3.63, 3.8) is 0 Å². The van der Waals surface area contributed by atoms with Crippen LogP contribution in [0.15, 0.2) is 47.5 Å². The molecule has 0 bridgehead atoms. The molecule has 0 aliphatic heterocycles. The maximum atomic E-state index is 12.9. The summed E-state index contributed by atoms with van der Waals surface area (Å²) in [4.78, 5) is 17.1. The number of hydrogen-bond acceptors (Lipinski definition) is 6. The molecule has 1 aromatic heterocycles. The number of benzene rings is 2. The molecule has 0 aliphatic rings. The number of amides is 1. The number of nitrogens with two attached hydrogens (primary N) is 1. The first-order valence-electron chi connectivity index (χ1n) is 10.0. The van der Waals surface area contributed by atoms with Gasteiger partial charge in [-0.05, 0) is 50.5 Å². The van der Waals surface area contributed by atoms with Gasteiger partial charge in [0.15, 0.2) is 0 Å². The van der Waals surface area contributed by atoms with E-state index in [2.05, 4.69) is 22.4 Å². The number of nitrogen functional groups attached to an aromatic ring is 1.